The van der Waals surface area contributed by atoms with Crippen molar-refractivity contribution in [1.29, 1.82) is 0 Å². The van der Waals surface area contributed by atoms with Gasteiger partial charge in [-0.3, -0.25) is 4.79 Å². The van der Waals surface area contributed by atoms with E-state index in [1.165, 1.54) is 18.3 Å². The summed E-state index contributed by atoms with van der Waals surface area (Å²) >= 11 is 7.20. The fourth-order valence-electron chi connectivity index (χ4n) is 1.43. The zero-order valence-corrected chi connectivity index (χ0v) is 11.3. The van der Waals surface area contributed by atoms with Crippen molar-refractivity contribution in [3.63, 3.8) is 0 Å². The maximum atomic E-state index is 10.9. The van der Waals surface area contributed by atoms with Gasteiger partial charge in [0.1, 0.15) is 0 Å². The van der Waals surface area contributed by atoms with Crippen LogP contribution in [-0.4, -0.2) is 10.9 Å². The molecule has 0 unspecified atom stereocenters. The number of carbonyl (C=O) groups excluding carboxylic acids is 1. The molecular weight excluding hydrogens is 270 g/mol. The molecule has 18 heavy (non-hydrogen) atoms. The summed E-state index contributed by atoms with van der Waals surface area (Å²) < 4.78 is 0.549. The minimum absolute atomic E-state index is 0.0741. The van der Waals surface area contributed by atoms with E-state index in [9.17, 15) is 4.79 Å². The fraction of sp³-hybridized carbons (Fsp3) is 0.167. The van der Waals surface area contributed by atoms with Crippen LogP contribution in [0.25, 0.3) is 0 Å². The highest BCUT2D eigenvalue weighted by Crippen LogP contribution is 2.19. The van der Waals surface area contributed by atoms with Gasteiger partial charge >= 0.3 is 0 Å². The van der Waals surface area contributed by atoms with Crippen molar-refractivity contribution in [2.75, 3.05) is 10.6 Å². The van der Waals surface area contributed by atoms with E-state index in [0.29, 0.717) is 11.0 Å². The lowest BCUT2D eigenvalue weighted by molar-refractivity contribution is -0.114. The van der Waals surface area contributed by atoms with Crippen LogP contribution in [0.5, 0.6) is 0 Å². The maximum Gasteiger partial charge on any atom is 0.221 e. The summed E-state index contributed by atoms with van der Waals surface area (Å²) in [4.78, 5) is 15.9. The lowest BCUT2D eigenvalue weighted by atomic mass is 10.2. The quantitative estimate of drug-likeness (QED) is 0.903. The number of hydrogen-bond acceptors (Lipinski definition) is 4. The van der Waals surface area contributed by atoms with Crippen LogP contribution < -0.4 is 10.6 Å². The molecule has 0 aliphatic carbocycles. The first-order valence-electron chi connectivity index (χ1n) is 5.35. The molecule has 1 aromatic carbocycles. The van der Waals surface area contributed by atoms with E-state index in [1.54, 1.807) is 6.20 Å². The highest BCUT2D eigenvalue weighted by molar-refractivity contribution is 7.15. The summed E-state index contributed by atoms with van der Waals surface area (Å²) in [5, 5.41) is 5.97. The first kappa shape index (κ1) is 12.9. The second kappa shape index (κ2) is 5.84. The monoisotopic (exact) mass is 281 g/mol. The number of nitrogens with one attached hydrogen (secondary N) is 2. The highest BCUT2D eigenvalue weighted by Gasteiger charge is 2.00. The highest BCUT2D eigenvalue weighted by atomic mass is 35.5. The number of carbonyl (C=O) groups is 1. The second-order valence-electron chi connectivity index (χ2n) is 3.69. The van der Waals surface area contributed by atoms with E-state index in [2.05, 4.69) is 15.6 Å². The van der Waals surface area contributed by atoms with Crippen molar-refractivity contribution in [3.8, 4) is 0 Å². The number of anilines is 2. The number of hydrogen-bond donors (Lipinski definition) is 2. The normalized spacial score (nSPS) is 10.1. The van der Waals surface area contributed by atoms with Gasteiger partial charge in [-0.05, 0) is 24.3 Å². The van der Waals surface area contributed by atoms with Crippen LogP contribution in [0.1, 0.15) is 11.8 Å². The Morgan fingerprint density at radius 2 is 2.00 bits per heavy atom. The van der Waals surface area contributed by atoms with Gasteiger partial charge in [0.25, 0.3) is 0 Å². The molecule has 4 nitrogen and oxygen atoms in total. The van der Waals surface area contributed by atoms with Crippen LogP contribution in [0.4, 0.5) is 11.4 Å². The fourth-order valence-corrected chi connectivity index (χ4v) is 2.35. The Morgan fingerprint density at radius 1 is 1.33 bits per heavy atom. The minimum atomic E-state index is -0.0741. The molecule has 6 heteroatoms. The molecular formula is C12H12ClN3OS. The molecule has 2 aromatic rings. The molecule has 0 spiro atoms. The van der Waals surface area contributed by atoms with Gasteiger partial charge in [0, 0.05) is 29.4 Å². The number of benzene rings is 1. The van der Waals surface area contributed by atoms with Gasteiger partial charge < -0.3 is 10.6 Å². The SMILES string of the molecule is CC(=O)Nc1ccc(NCc2cnc(Cl)s2)cc1. The predicted molar refractivity (Wildman–Crippen MR) is 75.2 cm³/mol. The summed E-state index contributed by atoms with van der Waals surface area (Å²) in [5.74, 6) is -0.0741. The number of aromatic nitrogens is 1. The average Bonchev–Trinajstić information content (AvgIpc) is 2.74. The zero-order valence-electron chi connectivity index (χ0n) is 9.74. The summed E-state index contributed by atoms with van der Waals surface area (Å²) in [6.07, 6.45) is 1.76. The average molecular weight is 282 g/mol. The van der Waals surface area contributed by atoms with Crippen LogP contribution >= 0.6 is 22.9 Å². The van der Waals surface area contributed by atoms with Crippen molar-refractivity contribution < 1.29 is 4.79 Å². The lowest BCUT2D eigenvalue weighted by Gasteiger charge is -2.06. The standard InChI is InChI=1S/C12H12ClN3OS/c1-8(17)16-10-4-2-9(3-5-10)14-6-11-7-15-12(13)18-11/h2-5,7,14H,6H2,1H3,(H,16,17). The minimum Gasteiger partial charge on any atom is -0.380 e. The van der Waals surface area contributed by atoms with Gasteiger partial charge in [0.15, 0.2) is 4.47 Å². The number of rotatable bonds is 4. The molecule has 0 aliphatic heterocycles. The van der Waals surface area contributed by atoms with E-state index in [0.717, 1.165) is 16.3 Å². The van der Waals surface area contributed by atoms with Crippen LogP contribution in [0.15, 0.2) is 30.5 Å². The number of thiazole rings is 1. The Hall–Kier alpha value is -1.59. The van der Waals surface area contributed by atoms with E-state index < -0.39 is 0 Å². The van der Waals surface area contributed by atoms with Gasteiger partial charge in [0.05, 0.1) is 6.54 Å². The Kier molecular flexibility index (Phi) is 4.17. The van der Waals surface area contributed by atoms with E-state index in [-0.39, 0.29) is 5.91 Å². The molecule has 2 N–H and O–H groups in total. The molecule has 0 saturated heterocycles. The van der Waals surface area contributed by atoms with Gasteiger partial charge in [-0.1, -0.05) is 11.6 Å². The zero-order chi connectivity index (χ0) is 13.0. The third-order valence-electron chi connectivity index (χ3n) is 2.20. The Bertz CT molecular complexity index is 539. The molecule has 0 atom stereocenters. The molecule has 0 saturated carbocycles. The van der Waals surface area contributed by atoms with Gasteiger partial charge in [-0.2, -0.15) is 0 Å². The Morgan fingerprint density at radius 3 is 2.56 bits per heavy atom. The first-order valence-corrected chi connectivity index (χ1v) is 6.54. The molecule has 0 radical (unpaired) electrons. The van der Waals surface area contributed by atoms with Crippen molar-refractivity contribution in [2.45, 2.75) is 13.5 Å². The molecule has 2 rings (SSSR count). The van der Waals surface area contributed by atoms with E-state index >= 15 is 0 Å². The van der Waals surface area contributed by atoms with Crippen molar-refractivity contribution in [3.05, 3.63) is 39.8 Å². The largest absolute Gasteiger partial charge is 0.380 e. The van der Waals surface area contributed by atoms with Crippen molar-refractivity contribution >= 4 is 40.2 Å². The van der Waals surface area contributed by atoms with Crippen LogP contribution in [0.3, 0.4) is 0 Å². The van der Waals surface area contributed by atoms with Gasteiger partial charge in [-0.15, -0.1) is 11.3 Å². The topological polar surface area (TPSA) is 54.0 Å². The molecule has 0 aliphatic rings. The Balaban J connectivity index is 1.92. The summed E-state index contributed by atoms with van der Waals surface area (Å²) in [6.45, 7) is 2.17. The van der Waals surface area contributed by atoms with Crippen LogP contribution in [0, 0.1) is 0 Å². The molecule has 1 aromatic heterocycles. The lowest BCUT2D eigenvalue weighted by Crippen LogP contribution is -2.05. The number of nitrogens with zero attached hydrogens (tertiary/aromatic N) is 1. The van der Waals surface area contributed by atoms with Crippen molar-refractivity contribution in [2.24, 2.45) is 0 Å². The molecule has 0 fully saturated rings. The first-order chi connectivity index (χ1) is 8.63. The third kappa shape index (κ3) is 3.72. The molecule has 0 bridgehead atoms. The van der Waals surface area contributed by atoms with Crippen LogP contribution in [-0.2, 0) is 11.3 Å². The summed E-state index contributed by atoms with van der Waals surface area (Å²) in [6, 6.07) is 7.52. The Labute approximate surface area is 114 Å². The second-order valence-corrected chi connectivity index (χ2v) is 5.39. The summed E-state index contributed by atoms with van der Waals surface area (Å²) in [7, 11) is 0. The van der Waals surface area contributed by atoms with Crippen molar-refractivity contribution in [1.82, 2.24) is 4.98 Å². The third-order valence-corrected chi connectivity index (χ3v) is 3.31. The molecule has 94 valence electrons. The van der Waals surface area contributed by atoms with E-state index in [1.807, 2.05) is 24.3 Å². The van der Waals surface area contributed by atoms with Crippen LogP contribution in [0.2, 0.25) is 4.47 Å². The van der Waals surface area contributed by atoms with Gasteiger partial charge in [-0.25, -0.2) is 4.98 Å². The van der Waals surface area contributed by atoms with E-state index in [4.69, 9.17) is 11.6 Å². The maximum absolute atomic E-state index is 10.9. The molecule has 1 heterocycles. The smallest absolute Gasteiger partial charge is 0.221 e. The molecule has 1 amide bonds. The predicted octanol–water partition coefficient (Wildman–Crippen LogP) is 3.37. The number of amides is 1. The summed E-state index contributed by atoms with van der Waals surface area (Å²) in [5.41, 5.74) is 1.77. The number of halogens is 1. The van der Waals surface area contributed by atoms with Gasteiger partial charge in [0.2, 0.25) is 5.91 Å².